The standard InChI is InChI=1S/C9H8N2OS/c1-6(12)11-7-5-13-8-3-2-4-10-9(7)8/h2-5H,1H3,(H,11,12). The maximum Gasteiger partial charge on any atom is 0.221 e. The average Bonchev–Trinajstić information content (AvgIpc) is 2.48. The Morgan fingerprint density at radius 2 is 2.46 bits per heavy atom. The number of hydrogen-bond donors (Lipinski definition) is 1. The first-order valence-electron chi connectivity index (χ1n) is 3.87. The second kappa shape index (κ2) is 3.14. The summed E-state index contributed by atoms with van der Waals surface area (Å²) in [5, 5.41) is 4.64. The predicted molar refractivity (Wildman–Crippen MR) is 53.9 cm³/mol. The van der Waals surface area contributed by atoms with Crippen molar-refractivity contribution in [2.75, 3.05) is 5.32 Å². The van der Waals surface area contributed by atoms with E-state index in [0.717, 1.165) is 15.9 Å². The lowest BCUT2D eigenvalue weighted by Gasteiger charge is -1.97. The van der Waals surface area contributed by atoms with E-state index in [4.69, 9.17) is 0 Å². The zero-order valence-corrected chi connectivity index (χ0v) is 7.89. The number of carbonyl (C=O) groups is 1. The molecule has 0 bridgehead atoms. The fraction of sp³-hybridized carbons (Fsp3) is 0.111. The molecule has 2 aromatic heterocycles. The first-order valence-corrected chi connectivity index (χ1v) is 4.75. The predicted octanol–water partition coefficient (Wildman–Crippen LogP) is 2.25. The van der Waals surface area contributed by atoms with Crippen molar-refractivity contribution in [2.24, 2.45) is 0 Å². The molecule has 0 spiro atoms. The lowest BCUT2D eigenvalue weighted by Crippen LogP contribution is -2.04. The summed E-state index contributed by atoms with van der Waals surface area (Å²) >= 11 is 1.58. The molecule has 3 nitrogen and oxygen atoms in total. The normalized spacial score (nSPS) is 10.2. The van der Waals surface area contributed by atoms with Gasteiger partial charge in [0.25, 0.3) is 0 Å². The number of hydrogen-bond acceptors (Lipinski definition) is 3. The molecule has 0 radical (unpaired) electrons. The molecule has 66 valence electrons. The summed E-state index contributed by atoms with van der Waals surface area (Å²) in [5.41, 5.74) is 1.66. The van der Waals surface area contributed by atoms with Crippen LogP contribution in [0.15, 0.2) is 23.7 Å². The van der Waals surface area contributed by atoms with Gasteiger partial charge in [0.2, 0.25) is 5.91 Å². The number of fused-ring (bicyclic) bond motifs is 1. The number of carbonyl (C=O) groups excluding carboxylic acids is 1. The van der Waals surface area contributed by atoms with Gasteiger partial charge < -0.3 is 5.32 Å². The van der Waals surface area contributed by atoms with Crippen LogP contribution in [0.25, 0.3) is 10.2 Å². The third kappa shape index (κ3) is 1.53. The van der Waals surface area contributed by atoms with Crippen molar-refractivity contribution in [2.45, 2.75) is 6.92 Å². The van der Waals surface area contributed by atoms with Crippen molar-refractivity contribution in [3.63, 3.8) is 0 Å². The molecule has 0 saturated heterocycles. The van der Waals surface area contributed by atoms with Crippen molar-refractivity contribution < 1.29 is 4.79 Å². The summed E-state index contributed by atoms with van der Waals surface area (Å²) in [5.74, 6) is -0.0645. The number of thiophene rings is 1. The highest BCUT2D eigenvalue weighted by Gasteiger charge is 2.04. The van der Waals surface area contributed by atoms with Crippen LogP contribution in [0.3, 0.4) is 0 Å². The Labute approximate surface area is 79.4 Å². The van der Waals surface area contributed by atoms with Crippen LogP contribution in [0.1, 0.15) is 6.92 Å². The molecule has 1 N–H and O–H groups in total. The van der Waals surface area contributed by atoms with Crippen LogP contribution in [0.5, 0.6) is 0 Å². The van der Waals surface area contributed by atoms with Crippen molar-refractivity contribution >= 4 is 33.1 Å². The lowest BCUT2D eigenvalue weighted by molar-refractivity contribution is -0.114. The number of pyridine rings is 1. The van der Waals surface area contributed by atoms with Gasteiger partial charge in [0.15, 0.2) is 0 Å². The summed E-state index contributed by atoms with van der Waals surface area (Å²) in [4.78, 5) is 15.0. The number of anilines is 1. The van der Waals surface area contributed by atoms with E-state index >= 15 is 0 Å². The molecule has 0 aliphatic rings. The molecule has 0 saturated carbocycles. The summed E-state index contributed by atoms with van der Waals surface area (Å²) in [6.45, 7) is 1.49. The minimum Gasteiger partial charge on any atom is -0.324 e. The lowest BCUT2D eigenvalue weighted by atomic mass is 10.3. The van der Waals surface area contributed by atoms with Gasteiger partial charge in [-0.2, -0.15) is 0 Å². The zero-order valence-electron chi connectivity index (χ0n) is 7.07. The van der Waals surface area contributed by atoms with E-state index in [9.17, 15) is 4.79 Å². The molecule has 0 fully saturated rings. The van der Waals surface area contributed by atoms with Gasteiger partial charge in [-0.1, -0.05) is 0 Å². The van der Waals surface area contributed by atoms with Crippen LogP contribution in [0.4, 0.5) is 5.69 Å². The Hall–Kier alpha value is -1.42. The third-order valence-corrected chi connectivity index (χ3v) is 2.58. The van der Waals surface area contributed by atoms with Crippen LogP contribution in [-0.4, -0.2) is 10.9 Å². The van der Waals surface area contributed by atoms with E-state index in [1.807, 2.05) is 17.5 Å². The SMILES string of the molecule is CC(=O)Nc1csc2cccnc12. The Kier molecular flexibility index (Phi) is 1.98. The van der Waals surface area contributed by atoms with Crippen molar-refractivity contribution in [3.8, 4) is 0 Å². The van der Waals surface area contributed by atoms with Crippen LogP contribution in [0.2, 0.25) is 0 Å². The first-order chi connectivity index (χ1) is 6.27. The quantitative estimate of drug-likeness (QED) is 0.753. The topological polar surface area (TPSA) is 42.0 Å². The van der Waals surface area contributed by atoms with Gasteiger partial charge in [0.1, 0.15) is 5.52 Å². The smallest absolute Gasteiger partial charge is 0.221 e. The highest BCUT2D eigenvalue weighted by molar-refractivity contribution is 7.17. The number of amides is 1. The maximum atomic E-state index is 10.8. The summed E-state index contributed by atoms with van der Waals surface area (Å²) in [6, 6.07) is 3.87. The van der Waals surface area contributed by atoms with Crippen LogP contribution in [-0.2, 0) is 4.79 Å². The van der Waals surface area contributed by atoms with Gasteiger partial charge in [-0.3, -0.25) is 9.78 Å². The van der Waals surface area contributed by atoms with Gasteiger partial charge in [-0.05, 0) is 12.1 Å². The van der Waals surface area contributed by atoms with Crippen LogP contribution in [0, 0.1) is 0 Å². The van der Waals surface area contributed by atoms with Gasteiger partial charge in [0, 0.05) is 18.5 Å². The molecule has 0 aliphatic carbocycles. The molecule has 2 aromatic rings. The van der Waals surface area contributed by atoms with E-state index in [0.29, 0.717) is 0 Å². The third-order valence-electron chi connectivity index (χ3n) is 1.64. The Morgan fingerprint density at radius 1 is 1.62 bits per heavy atom. The molecule has 2 heterocycles. The van der Waals surface area contributed by atoms with Gasteiger partial charge >= 0.3 is 0 Å². The number of rotatable bonds is 1. The fourth-order valence-electron chi connectivity index (χ4n) is 1.14. The van der Waals surface area contributed by atoms with E-state index < -0.39 is 0 Å². The van der Waals surface area contributed by atoms with Crippen LogP contribution >= 0.6 is 11.3 Å². The van der Waals surface area contributed by atoms with E-state index in [1.54, 1.807) is 17.5 Å². The Bertz CT molecular complexity index is 450. The molecule has 0 aliphatic heterocycles. The van der Waals surface area contributed by atoms with Gasteiger partial charge in [-0.15, -0.1) is 11.3 Å². The molecule has 4 heteroatoms. The first kappa shape index (κ1) is 8.19. The second-order valence-corrected chi connectivity index (χ2v) is 3.59. The molecule has 0 unspecified atom stereocenters. The second-order valence-electron chi connectivity index (χ2n) is 2.68. The minimum atomic E-state index is -0.0645. The highest BCUT2D eigenvalue weighted by atomic mass is 32.1. The largest absolute Gasteiger partial charge is 0.324 e. The van der Waals surface area contributed by atoms with Crippen molar-refractivity contribution in [1.29, 1.82) is 0 Å². The summed E-state index contributed by atoms with van der Waals surface area (Å²) in [6.07, 6.45) is 1.72. The molecule has 2 rings (SSSR count). The summed E-state index contributed by atoms with van der Waals surface area (Å²) < 4.78 is 1.09. The zero-order chi connectivity index (χ0) is 9.26. The van der Waals surface area contributed by atoms with Crippen molar-refractivity contribution in [3.05, 3.63) is 23.7 Å². The van der Waals surface area contributed by atoms with E-state index in [-0.39, 0.29) is 5.91 Å². The summed E-state index contributed by atoms with van der Waals surface area (Å²) in [7, 11) is 0. The fourth-order valence-corrected chi connectivity index (χ4v) is 1.99. The maximum absolute atomic E-state index is 10.8. The molecule has 1 amide bonds. The van der Waals surface area contributed by atoms with Crippen molar-refractivity contribution in [1.82, 2.24) is 4.98 Å². The molecule has 0 atom stereocenters. The number of nitrogens with one attached hydrogen (secondary N) is 1. The Balaban J connectivity index is 2.51. The molecule has 0 aromatic carbocycles. The minimum absolute atomic E-state index is 0.0645. The van der Waals surface area contributed by atoms with Gasteiger partial charge in [0.05, 0.1) is 10.4 Å². The molecular formula is C9H8N2OS. The van der Waals surface area contributed by atoms with Gasteiger partial charge in [-0.25, -0.2) is 0 Å². The number of nitrogens with zero attached hydrogens (tertiary/aromatic N) is 1. The highest BCUT2D eigenvalue weighted by Crippen LogP contribution is 2.27. The van der Waals surface area contributed by atoms with Crippen LogP contribution < -0.4 is 5.32 Å². The molecular weight excluding hydrogens is 184 g/mol. The Morgan fingerprint density at radius 3 is 3.23 bits per heavy atom. The average molecular weight is 192 g/mol. The molecule has 13 heavy (non-hydrogen) atoms. The van der Waals surface area contributed by atoms with E-state index in [2.05, 4.69) is 10.3 Å². The van der Waals surface area contributed by atoms with E-state index in [1.165, 1.54) is 6.92 Å². The number of aromatic nitrogens is 1. The monoisotopic (exact) mass is 192 g/mol.